The molecule has 0 radical (unpaired) electrons. The Kier molecular flexibility index (Phi) is 2.13. The first kappa shape index (κ1) is 8.06. The molecular weight excluding hydrogens is 162 g/mol. The molecule has 1 fully saturated rings. The van der Waals surface area contributed by atoms with Crippen molar-refractivity contribution in [2.75, 3.05) is 18.0 Å². The lowest BCUT2D eigenvalue weighted by Crippen LogP contribution is -2.18. The zero-order chi connectivity index (χ0) is 9.10. The van der Waals surface area contributed by atoms with Gasteiger partial charge in [-0.3, -0.25) is 4.98 Å². The van der Waals surface area contributed by atoms with E-state index in [0.29, 0.717) is 0 Å². The minimum Gasteiger partial charge on any atom is -0.369 e. The molecular formula is C10H11N3. The van der Waals surface area contributed by atoms with Gasteiger partial charge in [0.2, 0.25) is 0 Å². The number of aromatic nitrogens is 1. The molecule has 1 aromatic rings. The van der Waals surface area contributed by atoms with Gasteiger partial charge in [-0.25, -0.2) is 0 Å². The molecule has 3 nitrogen and oxygen atoms in total. The minimum atomic E-state index is 0.733. The Morgan fingerprint density at radius 1 is 1.38 bits per heavy atom. The molecule has 0 spiro atoms. The second-order valence-corrected chi connectivity index (χ2v) is 3.20. The Labute approximate surface area is 77.6 Å². The van der Waals surface area contributed by atoms with Crippen molar-refractivity contribution in [2.24, 2.45) is 0 Å². The standard InChI is InChI=1S/C10H11N3/c11-7-9-3-4-12-8-10(9)13-5-1-2-6-13/h3-4,8H,1-2,5-6H2. The van der Waals surface area contributed by atoms with Crippen molar-refractivity contribution in [3.05, 3.63) is 24.0 Å². The van der Waals surface area contributed by atoms with Gasteiger partial charge in [0.05, 0.1) is 17.4 Å². The van der Waals surface area contributed by atoms with Crippen LogP contribution in [0.25, 0.3) is 0 Å². The van der Waals surface area contributed by atoms with E-state index < -0.39 is 0 Å². The molecule has 0 aromatic carbocycles. The van der Waals surface area contributed by atoms with Gasteiger partial charge in [-0.2, -0.15) is 5.26 Å². The molecule has 1 aliphatic heterocycles. The van der Waals surface area contributed by atoms with Crippen LogP contribution in [0, 0.1) is 11.3 Å². The lowest BCUT2D eigenvalue weighted by Gasteiger charge is -2.17. The predicted octanol–water partition coefficient (Wildman–Crippen LogP) is 1.55. The highest BCUT2D eigenvalue weighted by Crippen LogP contribution is 2.22. The number of hydrogen-bond donors (Lipinski definition) is 0. The molecule has 3 heteroatoms. The fraction of sp³-hybridized carbons (Fsp3) is 0.400. The van der Waals surface area contributed by atoms with Gasteiger partial charge >= 0.3 is 0 Å². The van der Waals surface area contributed by atoms with Gasteiger partial charge in [-0.1, -0.05) is 0 Å². The first-order valence-corrected chi connectivity index (χ1v) is 4.51. The molecule has 0 atom stereocenters. The average Bonchev–Trinajstić information content (AvgIpc) is 2.70. The molecule has 13 heavy (non-hydrogen) atoms. The topological polar surface area (TPSA) is 39.9 Å². The van der Waals surface area contributed by atoms with Crippen LogP contribution < -0.4 is 4.90 Å². The maximum absolute atomic E-state index is 8.87. The zero-order valence-electron chi connectivity index (χ0n) is 7.40. The Balaban J connectivity index is 2.33. The van der Waals surface area contributed by atoms with Crippen LogP contribution >= 0.6 is 0 Å². The molecule has 0 N–H and O–H groups in total. The molecule has 2 heterocycles. The van der Waals surface area contributed by atoms with Crippen LogP contribution in [0.15, 0.2) is 18.5 Å². The van der Waals surface area contributed by atoms with Gasteiger partial charge in [0.15, 0.2) is 0 Å². The molecule has 1 aliphatic rings. The number of hydrogen-bond acceptors (Lipinski definition) is 3. The van der Waals surface area contributed by atoms with Crippen LogP contribution in [0.1, 0.15) is 18.4 Å². The van der Waals surface area contributed by atoms with Crippen molar-refractivity contribution >= 4 is 5.69 Å². The van der Waals surface area contributed by atoms with Crippen LogP contribution in [0.2, 0.25) is 0 Å². The number of pyridine rings is 1. The van der Waals surface area contributed by atoms with Crippen molar-refractivity contribution < 1.29 is 0 Å². The van der Waals surface area contributed by atoms with Crippen molar-refractivity contribution in [2.45, 2.75) is 12.8 Å². The van der Waals surface area contributed by atoms with Crippen molar-refractivity contribution in [3.8, 4) is 6.07 Å². The van der Waals surface area contributed by atoms with Crippen molar-refractivity contribution in [1.82, 2.24) is 4.98 Å². The van der Waals surface area contributed by atoms with E-state index in [0.717, 1.165) is 24.3 Å². The third kappa shape index (κ3) is 1.48. The third-order valence-electron chi connectivity index (χ3n) is 2.37. The van der Waals surface area contributed by atoms with E-state index in [1.807, 2.05) is 0 Å². The summed E-state index contributed by atoms with van der Waals surface area (Å²) in [5.41, 5.74) is 1.72. The van der Waals surface area contributed by atoms with Gasteiger partial charge in [0.1, 0.15) is 6.07 Å². The average molecular weight is 173 g/mol. The lowest BCUT2D eigenvalue weighted by atomic mass is 10.2. The highest BCUT2D eigenvalue weighted by molar-refractivity contribution is 5.57. The summed E-state index contributed by atoms with van der Waals surface area (Å²) in [4.78, 5) is 6.27. The van der Waals surface area contributed by atoms with E-state index in [1.54, 1.807) is 18.5 Å². The summed E-state index contributed by atoms with van der Waals surface area (Å²) in [5, 5.41) is 8.87. The molecule has 0 bridgehead atoms. The summed E-state index contributed by atoms with van der Waals surface area (Å²) in [6, 6.07) is 3.96. The van der Waals surface area contributed by atoms with E-state index in [4.69, 9.17) is 5.26 Å². The maximum atomic E-state index is 8.87. The maximum Gasteiger partial charge on any atom is 0.101 e. The monoisotopic (exact) mass is 173 g/mol. The molecule has 0 saturated carbocycles. The Morgan fingerprint density at radius 2 is 2.15 bits per heavy atom. The summed E-state index contributed by atoms with van der Waals surface area (Å²) in [6.07, 6.45) is 5.89. The van der Waals surface area contributed by atoms with Crippen LogP contribution in [0.3, 0.4) is 0 Å². The van der Waals surface area contributed by atoms with Gasteiger partial charge < -0.3 is 4.90 Å². The molecule has 1 aromatic heterocycles. The SMILES string of the molecule is N#Cc1ccncc1N1CCCC1. The summed E-state index contributed by atoms with van der Waals surface area (Å²) in [7, 11) is 0. The fourth-order valence-corrected chi connectivity index (χ4v) is 1.69. The second-order valence-electron chi connectivity index (χ2n) is 3.20. The number of nitriles is 1. The van der Waals surface area contributed by atoms with Crippen LogP contribution in [0.5, 0.6) is 0 Å². The summed E-state index contributed by atoms with van der Waals surface area (Å²) >= 11 is 0. The predicted molar refractivity (Wildman–Crippen MR) is 50.4 cm³/mol. The first-order valence-electron chi connectivity index (χ1n) is 4.51. The molecule has 0 aliphatic carbocycles. The van der Waals surface area contributed by atoms with E-state index in [-0.39, 0.29) is 0 Å². The lowest BCUT2D eigenvalue weighted by molar-refractivity contribution is 0.949. The van der Waals surface area contributed by atoms with Gasteiger partial charge in [0.25, 0.3) is 0 Å². The Morgan fingerprint density at radius 3 is 2.85 bits per heavy atom. The Bertz CT molecular complexity index is 334. The molecule has 0 unspecified atom stereocenters. The van der Waals surface area contributed by atoms with Crippen LogP contribution in [-0.4, -0.2) is 18.1 Å². The minimum absolute atomic E-state index is 0.733. The summed E-state index contributed by atoms with van der Waals surface area (Å²) in [5.74, 6) is 0. The molecule has 2 rings (SSSR count). The largest absolute Gasteiger partial charge is 0.369 e. The van der Waals surface area contributed by atoms with Crippen molar-refractivity contribution in [3.63, 3.8) is 0 Å². The second kappa shape index (κ2) is 3.44. The number of anilines is 1. The molecule has 1 saturated heterocycles. The molecule has 66 valence electrons. The number of nitrogens with zero attached hydrogens (tertiary/aromatic N) is 3. The highest BCUT2D eigenvalue weighted by atomic mass is 15.1. The van der Waals surface area contributed by atoms with E-state index >= 15 is 0 Å². The number of rotatable bonds is 1. The van der Waals surface area contributed by atoms with Gasteiger partial charge in [-0.15, -0.1) is 0 Å². The summed E-state index contributed by atoms with van der Waals surface area (Å²) in [6.45, 7) is 2.11. The zero-order valence-corrected chi connectivity index (χ0v) is 7.40. The molecule has 0 amide bonds. The Hall–Kier alpha value is -1.56. The normalized spacial score (nSPS) is 15.8. The van der Waals surface area contributed by atoms with E-state index in [9.17, 15) is 0 Å². The van der Waals surface area contributed by atoms with Crippen molar-refractivity contribution in [1.29, 1.82) is 5.26 Å². The quantitative estimate of drug-likeness (QED) is 0.647. The van der Waals surface area contributed by atoms with Gasteiger partial charge in [-0.05, 0) is 18.9 Å². The smallest absolute Gasteiger partial charge is 0.101 e. The fourth-order valence-electron chi connectivity index (χ4n) is 1.69. The van der Waals surface area contributed by atoms with Crippen LogP contribution in [0.4, 0.5) is 5.69 Å². The van der Waals surface area contributed by atoms with E-state index in [1.165, 1.54) is 12.8 Å². The highest BCUT2D eigenvalue weighted by Gasteiger charge is 2.15. The van der Waals surface area contributed by atoms with E-state index in [2.05, 4.69) is 16.0 Å². The summed E-state index contributed by atoms with van der Waals surface area (Å²) < 4.78 is 0. The van der Waals surface area contributed by atoms with Crippen LogP contribution in [-0.2, 0) is 0 Å². The first-order chi connectivity index (χ1) is 6.42. The van der Waals surface area contributed by atoms with Gasteiger partial charge in [0, 0.05) is 19.3 Å². The third-order valence-corrected chi connectivity index (χ3v) is 2.37.